The van der Waals surface area contributed by atoms with Gasteiger partial charge < -0.3 is 15.0 Å². The van der Waals surface area contributed by atoms with Gasteiger partial charge in [0.15, 0.2) is 0 Å². The first kappa shape index (κ1) is 15.6. The molecular weight excluding hydrogens is 292 g/mol. The van der Waals surface area contributed by atoms with Crippen molar-refractivity contribution in [2.45, 2.75) is 45.6 Å². The average molecular weight is 314 g/mol. The van der Waals surface area contributed by atoms with Gasteiger partial charge in [0, 0.05) is 35.8 Å². The third-order valence-electron chi connectivity index (χ3n) is 4.78. The van der Waals surface area contributed by atoms with Crippen molar-refractivity contribution >= 4 is 28.5 Å². The fourth-order valence-corrected chi connectivity index (χ4v) is 3.30. The summed E-state index contributed by atoms with van der Waals surface area (Å²) in [4.78, 5) is 23.5. The molecule has 0 aliphatic heterocycles. The number of benzene rings is 1. The van der Waals surface area contributed by atoms with Gasteiger partial charge in [0.05, 0.1) is 5.41 Å². The van der Waals surface area contributed by atoms with Gasteiger partial charge in [0.2, 0.25) is 5.91 Å². The van der Waals surface area contributed by atoms with Crippen molar-refractivity contribution in [2.75, 3.05) is 5.32 Å². The van der Waals surface area contributed by atoms with Crippen molar-refractivity contribution in [3.8, 4) is 0 Å². The molecule has 2 N–H and O–H groups in total. The average Bonchev–Trinajstić information content (AvgIpc) is 2.85. The Morgan fingerprint density at radius 3 is 2.70 bits per heavy atom. The number of aromatic nitrogens is 1. The smallest absolute Gasteiger partial charge is 0.310 e. The molecule has 1 aliphatic rings. The minimum absolute atomic E-state index is 0.0528. The van der Waals surface area contributed by atoms with Crippen LogP contribution in [0.5, 0.6) is 0 Å². The number of carboxylic acids is 1. The molecule has 1 amide bonds. The maximum atomic E-state index is 12.2. The first-order valence-corrected chi connectivity index (χ1v) is 8.16. The van der Waals surface area contributed by atoms with Crippen LogP contribution in [-0.2, 0) is 16.1 Å². The van der Waals surface area contributed by atoms with E-state index in [4.69, 9.17) is 0 Å². The first-order chi connectivity index (χ1) is 11.0. The van der Waals surface area contributed by atoms with Crippen molar-refractivity contribution < 1.29 is 14.7 Å². The summed E-state index contributed by atoms with van der Waals surface area (Å²) in [5.41, 5.74) is 1.01. The van der Waals surface area contributed by atoms with E-state index in [2.05, 4.69) is 16.8 Å². The van der Waals surface area contributed by atoms with Gasteiger partial charge in [-0.25, -0.2) is 0 Å². The number of hydrogen-bond acceptors (Lipinski definition) is 2. The van der Waals surface area contributed by atoms with E-state index in [9.17, 15) is 14.7 Å². The Morgan fingerprint density at radius 2 is 2.09 bits per heavy atom. The molecule has 0 radical (unpaired) electrons. The van der Waals surface area contributed by atoms with Gasteiger partial charge in [0.25, 0.3) is 0 Å². The van der Waals surface area contributed by atoms with Crippen LogP contribution >= 0.6 is 0 Å². The Balaban J connectivity index is 1.71. The molecule has 5 nitrogen and oxygen atoms in total. The summed E-state index contributed by atoms with van der Waals surface area (Å²) in [5.74, 6) is -1.08. The number of anilines is 1. The fraction of sp³-hybridized carbons (Fsp3) is 0.444. The molecule has 0 bridgehead atoms. The highest BCUT2D eigenvalue weighted by molar-refractivity contribution is 5.96. The number of carbonyl (C=O) groups excluding carboxylic acids is 1. The Morgan fingerprint density at radius 1 is 1.30 bits per heavy atom. The zero-order valence-corrected chi connectivity index (χ0v) is 13.3. The molecule has 1 heterocycles. The summed E-state index contributed by atoms with van der Waals surface area (Å²) < 4.78 is 2.19. The summed E-state index contributed by atoms with van der Waals surface area (Å²) in [5, 5.41) is 13.2. The van der Waals surface area contributed by atoms with E-state index in [0.717, 1.165) is 36.0 Å². The number of hydrogen-bond donors (Lipinski definition) is 2. The molecule has 1 fully saturated rings. The number of nitrogens with zero attached hydrogens (tertiary/aromatic N) is 1. The molecule has 122 valence electrons. The molecule has 0 saturated heterocycles. The molecule has 23 heavy (non-hydrogen) atoms. The lowest BCUT2D eigenvalue weighted by Crippen LogP contribution is -2.41. The summed E-state index contributed by atoms with van der Waals surface area (Å²) in [6.45, 7) is 3.11. The fourth-order valence-electron chi connectivity index (χ4n) is 3.30. The second kappa shape index (κ2) is 6.07. The summed E-state index contributed by atoms with van der Waals surface area (Å²) in [6, 6.07) is 7.84. The SMILES string of the molecule is CCCn1ccc2cc(NC(=O)CC3(C(=O)O)CCC3)ccc21. The highest BCUT2D eigenvalue weighted by Crippen LogP contribution is 2.44. The van der Waals surface area contributed by atoms with Crippen LogP contribution in [0.2, 0.25) is 0 Å². The number of nitrogens with one attached hydrogen (secondary N) is 1. The normalized spacial score (nSPS) is 16.0. The second-order valence-electron chi connectivity index (χ2n) is 6.45. The maximum absolute atomic E-state index is 12.2. The third kappa shape index (κ3) is 2.96. The largest absolute Gasteiger partial charge is 0.481 e. The van der Waals surface area contributed by atoms with E-state index in [1.54, 1.807) is 0 Å². The van der Waals surface area contributed by atoms with Gasteiger partial charge in [-0.05, 0) is 43.5 Å². The summed E-state index contributed by atoms with van der Waals surface area (Å²) >= 11 is 0. The number of rotatable bonds is 6. The Hall–Kier alpha value is -2.30. The number of amides is 1. The summed E-state index contributed by atoms with van der Waals surface area (Å²) in [7, 11) is 0. The molecular formula is C18H22N2O3. The van der Waals surface area contributed by atoms with Gasteiger partial charge >= 0.3 is 5.97 Å². The Kier molecular flexibility index (Phi) is 4.11. The van der Waals surface area contributed by atoms with E-state index in [-0.39, 0.29) is 12.3 Å². The molecule has 1 aromatic carbocycles. The predicted octanol–water partition coefficient (Wildman–Crippen LogP) is 3.63. The molecule has 5 heteroatoms. The zero-order valence-electron chi connectivity index (χ0n) is 13.3. The highest BCUT2D eigenvalue weighted by Gasteiger charge is 2.45. The van der Waals surface area contributed by atoms with Gasteiger partial charge in [-0.15, -0.1) is 0 Å². The lowest BCUT2D eigenvalue weighted by Gasteiger charge is -2.36. The van der Waals surface area contributed by atoms with Crippen LogP contribution in [0.3, 0.4) is 0 Å². The van der Waals surface area contributed by atoms with E-state index in [1.807, 2.05) is 30.5 Å². The Bertz CT molecular complexity index is 744. The number of fused-ring (bicyclic) bond motifs is 1. The quantitative estimate of drug-likeness (QED) is 0.855. The van der Waals surface area contributed by atoms with Crippen LogP contribution in [0.1, 0.15) is 39.0 Å². The number of aliphatic carboxylic acids is 1. The van der Waals surface area contributed by atoms with Crippen molar-refractivity contribution in [2.24, 2.45) is 5.41 Å². The summed E-state index contributed by atoms with van der Waals surface area (Å²) in [6.07, 6.45) is 5.24. The molecule has 0 spiro atoms. The molecule has 1 aliphatic carbocycles. The van der Waals surface area contributed by atoms with Crippen molar-refractivity contribution in [1.29, 1.82) is 0 Å². The monoisotopic (exact) mass is 314 g/mol. The van der Waals surface area contributed by atoms with Crippen molar-refractivity contribution in [3.05, 3.63) is 30.5 Å². The van der Waals surface area contributed by atoms with Gasteiger partial charge in [-0.2, -0.15) is 0 Å². The minimum atomic E-state index is -0.856. The molecule has 0 atom stereocenters. The topological polar surface area (TPSA) is 71.3 Å². The third-order valence-corrected chi connectivity index (χ3v) is 4.78. The maximum Gasteiger partial charge on any atom is 0.310 e. The van der Waals surface area contributed by atoms with Crippen molar-refractivity contribution in [1.82, 2.24) is 4.57 Å². The van der Waals surface area contributed by atoms with Gasteiger partial charge in [-0.3, -0.25) is 9.59 Å². The van der Waals surface area contributed by atoms with Gasteiger partial charge in [-0.1, -0.05) is 13.3 Å². The Labute approximate surface area is 135 Å². The molecule has 0 unspecified atom stereocenters. The second-order valence-corrected chi connectivity index (χ2v) is 6.45. The van der Waals surface area contributed by atoms with Crippen LogP contribution in [0.15, 0.2) is 30.5 Å². The van der Waals surface area contributed by atoms with E-state index in [1.165, 1.54) is 0 Å². The molecule has 1 aromatic heterocycles. The molecule has 1 saturated carbocycles. The van der Waals surface area contributed by atoms with E-state index >= 15 is 0 Å². The molecule has 3 rings (SSSR count). The van der Waals surface area contributed by atoms with Crippen LogP contribution in [-0.4, -0.2) is 21.6 Å². The van der Waals surface area contributed by atoms with E-state index < -0.39 is 11.4 Å². The van der Waals surface area contributed by atoms with Crippen molar-refractivity contribution in [3.63, 3.8) is 0 Å². The molecule has 2 aromatic rings. The number of aryl methyl sites for hydroxylation is 1. The zero-order chi connectivity index (χ0) is 16.4. The minimum Gasteiger partial charge on any atom is -0.481 e. The predicted molar refractivity (Wildman–Crippen MR) is 89.4 cm³/mol. The van der Waals surface area contributed by atoms with Crippen LogP contribution in [0.25, 0.3) is 10.9 Å². The standard InChI is InChI=1S/C18H22N2O3/c1-2-9-20-10-6-13-11-14(4-5-15(13)20)19-16(21)12-18(17(22)23)7-3-8-18/h4-6,10-11H,2-3,7-9,12H2,1H3,(H,19,21)(H,22,23). The van der Waals surface area contributed by atoms with Crippen LogP contribution < -0.4 is 5.32 Å². The van der Waals surface area contributed by atoms with E-state index in [0.29, 0.717) is 12.8 Å². The lowest BCUT2D eigenvalue weighted by atomic mass is 9.66. The highest BCUT2D eigenvalue weighted by atomic mass is 16.4. The number of carbonyl (C=O) groups is 2. The number of carboxylic acid groups (broad SMARTS) is 1. The lowest BCUT2D eigenvalue weighted by molar-refractivity contribution is -0.157. The van der Waals surface area contributed by atoms with Gasteiger partial charge in [0.1, 0.15) is 0 Å². The van der Waals surface area contributed by atoms with Crippen LogP contribution in [0.4, 0.5) is 5.69 Å². The first-order valence-electron chi connectivity index (χ1n) is 8.16. The van der Waals surface area contributed by atoms with Crippen LogP contribution in [0, 0.1) is 5.41 Å².